The highest BCUT2D eigenvalue weighted by Crippen LogP contribution is 2.35. The maximum atomic E-state index is 2.38. The molecule has 0 nitrogen and oxygen atoms in total. The Labute approximate surface area is 146 Å². The Hall–Kier alpha value is -2.34. The highest BCUT2D eigenvalue weighted by Gasteiger charge is 2.18. The molecule has 0 aromatic heterocycles. The third kappa shape index (κ3) is 3.94. The first kappa shape index (κ1) is 16.5. The monoisotopic (exact) mass is 314 g/mol. The van der Waals surface area contributed by atoms with E-state index in [1.54, 1.807) is 0 Å². The van der Waals surface area contributed by atoms with E-state index in [0.717, 1.165) is 12.8 Å². The van der Waals surface area contributed by atoms with E-state index >= 15 is 0 Å². The van der Waals surface area contributed by atoms with Crippen molar-refractivity contribution >= 4 is 0 Å². The number of aryl methyl sites for hydroxylation is 1. The Balaban J connectivity index is 1.93. The lowest BCUT2D eigenvalue weighted by atomic mass is 9.81. The van der Waals surface area contributed by atoms with E-state index in [9.17, 15) is 0 Å². The summed E-state index contributed by atoms with van der Waals surface area (Å²) >= 11 is 0. The molecule has 0 radical (unpaired) electrons. The molecule has 0 saturated heterocycles. The summed E-state index contributed by atoms with van der Waals surface area (Å²) in [5.41, 5.74) is 5.68. The Morgan fingerprint density at radius 3 is 1.88 bits per heavy atom. The van der Waals surface area contributed by atoms with Crippen molar-refractivity contribution in [1.82, 2.24) is 0 Å². The molecular formula is C24H26. The van der Waals surface area contributed by atoms with Crippen molar-refractivity contribution < 1.29 is 0 Å². The molecule has 0 aliphatic rings. The standard InChI is InChI=1S/C24H26/c1-3-20-11-10-16-23(18-20)24(22-14-8-5-9-15-22)17-19(2)21-12-6-4-7-13-21/h4-16,18-19,24H,3,17H2,1-2H3. The van der Waals surface area contributed by atoms with Crippen LogP contribution in [0.25, 0.3) is 0 Å². The van der Waals surface area contributed by atoms with E-state index in [-0.39, 0.29) is 0 Å². The molecule has 2 atom stereocenters. The fraction of sp³-hybridized carbons (Fsp3) is 0.250. The molecule has 0 spiro atoms. The van der Waals surface area contributed by atoms with Gasteiger partial charge < -0.3 is 0 Å². The number of hydrogen-bond donors (Lipinski definition) is 0. The van der Waals surface area contributed by atoms with Gasteiger partial charge in [-0.1, -0.05) is 98.8 Å². The molecule has 3 aromatic rings. The van der Waals surface area contributed by atoms with Gasteiger partial charge in [-0.15, -0.1) is 0 Å². The zero-order chi connectivity index (χ0) is 16.8. The predicted molar refractivity (Wildman–Crippen MR) is 104 cm³/mol. The summed E-state index contributed by atoms with van der Waals surface area (Å²) in [6.45, 7) is 4.57. The van der Waals surface area contributed by atoms with Crippen LogP contribution in [0.2, 0.25) is 0 Å². The summed E-state index contributed by atoms with van der Waals surface area (Å²) in [5.74, 6) is 0.967. The normalized spacial score (nSPS) is 13.4. The van der Waals surface area contributed by atoms with E-state index in [4.69, 9.17) is 0 Å². The lowest BCUT2D eigenvalue weighted by Crippen LogP contribution is -2.06. The van der Waals surface area contributed by atoms with Crippen molar-refractivity contribution in [3.63, 3.8) is 0 Å². The second-order valence-electron chi connectivity index (χ2n) is 6.61. The van der Waals surface area contributed by atoms with Crippen LogP contribution >= 0.6 is 0 Å². The molecule has 0 aliphatic heterocycles. The van der Waals surface area contributed by atoms with E-state index < -0.39 is 0 Å². The van der Waals surface area contributed by atoms with Crippen molar-refractivity contribution in [2.24, 2.45) is 0 Å². The van der Waals surface area contributed by atoms with Crippen LogP contribution in [-0.2, 0) is 6.42 Å². The molecule has 3 rings (SSSR count). The van der Waals surface area contributed by atoms with Crippen LogP contribution in [-0.4, -0.2) is 0 Å². The minimum absolute atomic E-state index is 0.438. The maximum absolute atomic E-state index is 2.38. The topological polar surface area (TPSA) is 0 Å². The summed E-state index contributed by atoms with van der Waals surface area (Å²) in [4.78, 5) is 0. The van der Waals surface area contributed by atoms with Crippen molar-refractivity contribution in [2.45, 2.75) is 38.5 Å². The highest BCUT2D eigenvalue weighted by atomic mass is 14.2. The van der Waals surface area contributed by atoms with Crippen molar-refractivity contribution in [2.75, 3.05) is 0 Å². The lowest BCUT2D eigenvalue weighted by molar-refractivity contribution is 0.616. The summed E-state index contributed by atoms with van der Waals surface area (Å²) in [5, 5.41) is 0. The van der Waals surface area contributed by atoms with Crippen LogP contribution in [0.1, 0.15) is 54.4 Å². The van der Waals surface area contributed by atoms with E-state index in [1.807, 2.05) is 0 Å². The third-order valence-corrected chi connectivity index (χ3v) is 4.92. The van der Waals surface area contributed by atoms with Gasteiger partial charge >= 0.3 is 0 Å². The maximum Gasteiger partial charge on any atom is 0.00951 e. The summed E-state index contributed by atoms with van der Waals surface area (Å²) < 4.78 is 0. The third-order valence-electron chi connectivity index (χ3n) is 4.92. The van der Waals surface area contributed by atoms with E-state index in [2.05, 4.69) is 98.8 Å². The van der Waals surface area contributed by atoms with Crippen LogP contribution < -0.4 is 0 Å². The van der Waals surface area contributed by atoms with E-state index in [0.29, 0.717) is 11.8 Å². The molecule has 0 fully saturated rings. The fourth-order valence-corrected chi connectivity index (χ4v) is 3.45. The Morgan fingerprint density at radius 1 is 0.667 bits per heavy atom. The Bertz CT molecular complexity index is 743. The molecule has 3 aromatic carbocycles. The highest BCUT2D eigenvalue weighted by molar-refractivity contribution is 5.36. The second-order valence-corrected chi connectivity index (χ2v) is 6.61. The van der Waals surface area contributed by atoms with Gasteiger partial charge in [-0.25, -0.2) is 0 Å². The van der Waals surface area contributed by atoms with Crippen molar-refractivity contribution in [3.05, 3.63) is 107 Å². The average molecular weight is 314 g/mol. The first-order valence-electron chi connectivity index (χ1n) is 8.96. The quantitative estimate of drug-likeness (QED) is 0.482. The van der Waals surface area contributed by atoms with E-state index in [1.165, 1.54) is 22.3 Å². The van der Waals surface area contributed by atoms with Gasteiger partial charge in [0.25, 0.3) is 0 Å². The van der Waals surface area contributed by atoms with Crippen LogP contribution in [0.3, 0.4) is 0 Å². The van der Waals surface area contributed by atoms with Gasteiger partial charge in [0.05, 0.1) is 0 Å². The minimum Gasteiger partial charge on any atom is -0.0622 e. The summed E-state index contributed by atoms with van der Waals surface area (Å²) in [6, 6.07) is 30.9. The SMILES string of the molecule is CCc1cccc(C(CC(C)c2ccccc2)c2ccccc2)c1. The molecule has 0 amide bonds. The van der Waals surface area contributed by atoms with Gasteiger partial charge in [-0.05, 0) is 41.0 Å². The van der Waals surface area contributed by atoms with Crippen molar-refractivity contribution in [1.29, 1.82) is 0 Å². The number of benzene rings is 3. The molecule has 0 heteroatoms. The van der Waals surface area contributed by atoms with Gasteiger partial charge in [0.1, 0.15) is 0 Å². The Kier molecular flexibility index (Phi) is 5.48. The second kappa shape index (κ2) is 7.97. The molecule has 0 bridgehead atoms. The molecule has 0 heterocycles. The molecule has 0 saturated carbocycles. The first-order valence-corrected chi connectivity index (χ1v) is 8.96. The van der Waals surface area contributed by atoms with Gasteiger partial charge in [0.2, 0.25) is 0 Å². The molecule has 24 heavy (non-hydrogen) atoms. The Morgan fingerprint density at radius 2 is 1.25 bits per heavy atom. The van der Waals surface area contributed by atoms with Crippen LogP contribution in [0.4, 0.5) is 0 Å². The molecule has 0 aliphatic carbocycles. The van der Waals surface area contributed by atoms with Crippen LogP contribution in [0, 0.1) is 0 Å². The van der Waals surface area contributed by atoms with Gasteiger partial charge in [-0.3, -0.25) is 0 Å². The number of rotatable bonds is 6. The lowest BCUT2D eigenvalue weighted by Gasteiger charge is -2.23. The summed E-state index contributed by atoms with van der Waals surface area (Å²) in [6.07, 6.45) is 2.21. The molecule has 122 valence electrons. The van der Waals surface area contributed by atoms with Gasteiger partial charge in [0, 0.05) is 5.92 Å². The van der Waals surface area contributed by atoms with Gasteiger partial charge in [0.15, 0.2) is 0 Å². The first-order chi connectivity index (χ1) is 11.8. The number of hydrogen-bond acceptors (Lipinski definition) is 0. The van der Waals surface area contributed by atoms with Crippen LogP contribution in [0.5, 0.6) is 0 Å². The smallest absolute Gasteiger partial charge is 0.00951 e. The zero-order valence-corrected chi connectivity index (χ0v) is 14.7. The fourth-order valence-electron chi connectivity index (χ4n) is 3.45. The van der Waals surface area contributed by atoms with Gasteiger partial charge in [-0.2, -0.15) is 0 Å². The molecule has 0 N–H and O–H groups in total. The zero-order valence-electron chi connectivity index (χ0n) is 14.7. The van der Waals surface area contributed by atoms with Crippen LogP contribution in [0.15, 0.2) is 84.9 Å². The minimum atomic E-state index is 0.438. The molecular weight excluding hydrogens is 288 g/mol. The average Bonchev–Trinajstić information content (AvgIpc) is 2.67. The van der Waals surface area contributed by atoms with Crippen molar-refractivity contribution in [3.8, 4) is 0 Å². The molecule has 2 unspecified atom stereocenters. The predicted octanol–water partition coefficient (Wildman–Crippen LogP) is 6.57. The largest absolute Gasteiger partial charge is 0.0622 e. The summed E-state index contributed by atoms with van der Waals surface area (Å²) in [7, 11) is 0.